The molecule has 0 spiro atoms. The Morgan fingerprint density at radius 2 is 1.91 bits per heavy atom. The van der Waals surface area contributed by atoms with Crippen LogP contribution >= 0.6 is 0 Å². The highest BCUT2D eigenvalue weighted by Gasteiger charge is 2.34. The fraction of sp³-hybridized carbons (Fsp3) is 1.00. The summed E-state index contributed by atoms with van der Waals surface area (Å²) in [7, 11) is 0. The molecule has 4 N–H and O–H groups in total. The number of ether oxygens (including phenoxy) is 1. The average molecular weight is 164 g/mol. The summed E-state index contributed by atoms with van der Waals surface area (Å²) < 4.78 is 4.71. The molecule has 0 radical (unpaired) electrons. The van der Waals surface area contributed by atoms with Crippen molar-refractivity contribution in [1.29, 1.82) is 0 Å². The summed E-state index contributed by atoms with van der Waals surface area (Å²) in [4.78, 5) is 0. The third kappa shape index (κ3) is 1.88. The molecule has 66 valence electrons. The van der Waals surface area contributed by atoms with Gasteiger partial charge in [-0.3, -0.25) is 0 Å². The second-order valence-electron chi connectivity index (χ2n) is 2.62. The summed E-state index contributed by atoms with van der Waals surface area (Å²) in [6, 6.07) is 0. The maximum Gasteiger partial charge on any atom is 0.183 e. The van der Waals surface area contributed by atoms with E-state index in [-0.39, 0.29) is 13.0 Å². The molecule has 5 heteroatoms. The minimum absolute atomic E-state index is 0.148. The molecule has 1 heterocycles. The molecule has 5 nitrogen and oxygen atoms in total. The molecule has 0 aromatic rings. The Morgan fingerprint density at radius 3 is 2.36 bits per heavy atom. The van der Waals surface area contributed by atoms with Crippen LogP contribution in [-0.4, -0.2) is 51.6 Å². The van der Waals surface area contributed by atoms with Crippen molar-refractivity contribution < 1.29 is 25.2 Å². The van der Waals surface area contributed by atoms with E-state index in [9.17, 15) is 0 Å². The van der Waals surface area contributed by atoms with Gasteiger partial charge >= 0.3 is 0 Å². The van der Waals surface area contributed by atoms with E-state index < -0.39 is 24.6 Å². The number of rotatable bonds is 1. The third-order valence-electron chi connectivity index (χ3n) is 1.73. The minimum atomic E-state index is -1.39. The molecule has 0 saturated carbocycles. The van der Waals surface area contributed by atoms with Crippen molar-refractivity contribution in [3.8, 4) is 0 Å². The standard InChI is InChI=1S/C6H12O5/c7-2-3-1-4(8)5(9)6(10)11-3/h3-10H,1-2H2/t3-,4-,5+,6-/m1/s1. The Bertz CT molecular complexity index is 116. The van der Waals surface area contributed by atoms with Crippen LogP contribution in [-0.2, 0) is 4.74 Å². The second-order valence-corrected chi connectivity index (χ2v) is 2.62. The first kappa shape index (κ1) is 8.89. The zero-order valence-corrected chi connectivity index (χ0v) is 5.92. The first-order chi connectivity index (χ1) is 5.15. The fourth-order valence-electron chi connectivity index (χ4n) is 1.05. The van der Waals surface area contributed by atoms with Crippen LogP contribution in [0.3, 0.4) is 0 Å². The largest absolute Gasteiger partial charge is 0.394 e. The molecule has 0 aromatic carbocycles. The number of hydrogen-bond acceptors (Lipinski definition) is 5. The van der Waals surface area contributed by atoms with Crippen LogP contribution in [0.15, 0.2) is 0 Å². The first-order valence-corrected chi connectivity index (χ1v) is 3.45. The van der Waals surface area contributed by atoms with Gasteiger partial charge in [-0.05, 0) is 0 Å². The lowest BCUT2D eigenvalue weighted by Gasteiger charge is -2.33. The monoisotopic (exact) mass is 164 g/mol. The Hall–Kier alpha value is -0.200. The van der Waals surface area contributed by atoms with Gasteiger partial charge in [-0.15, -0.1) is 0 Å². The Labute approximate surface area is 63.8 Å². The quantitative estimate of drug-likeness (QED) is 0.353. The predicted octanol–water partition coefficient (Wildman–Crippen LogP) is -2.19. The molecule has 1 saturated heterocycles. The molecule has 0 unspecified atom stereocenters. The van der Waals surface area contributed by atoms with Gasteiger partial charge in [0.1, 0.15) is 6.10 Å². The zero-order valence-electron chi connectivity index (χ0n) is 5.92. The van der Waals surface area contributed by atoms with Crippen molar-refractivity contribution in [2.24, 2.45) is 0 Å². The molecule has 1 aliphatic heterocycles. The summed E-state index contributed by atoms with van der Waals surface area (Å²) >= 11 is 0. The smallest absolute Gasteiger partial charge is 0.183 e. The molecule has 0 aromatic heterocycles. The molecular formula is C6H12O5. The maximum absolute atomic E-state index is 9.05. The molecule has 4 atom stereocenters. The number of aliphatic hydroxyl groups is 4. The van der Waals surface area contributed by atoms with Gasteiger partial charge in [0.05, 0.1) is 18.8 Å². The summed E-state index contributed by atoms with van der Waals surface area (Å²) in [5, 5.41) is 35.5. The molecule has 1 fully saturated rings. The van der Waals surface area contributed by atoms with Gasteiger partial charge in [0.15, 0.2) is 6.29 Å². The average Bonchev–Trinajstić information content (AvgIpc) is 1.99. The highest BCUT2D eigenvalue weighted by molar-refractivity contribution is 4.79. The maximum atomic E-state index is 9.05. The Balaban J connectivity index is 2.47. The van der Waals surface area contributed by atoms with Crippen LogP contribution in [0.4, 0.5) is 0 Å². The topological polar surface area (TPSA) is 90.2 Å². The predicted molar refractivity (Wildman–Crippen MR) is 34.6 cm³/mol. The van der Waals surface area contributed by atoms with E-state index in [1.54, 1.807) is 0 Å². The Kier molecular flexibility index (Phi) is 2.80. The molecular weight excluding hydrogens is 152 g/mol. The van der Waals surface area contributed by atoms with E-state index in [1.165, 1.54) is 0 Å². The van der Waals surface area contributed by atoms with Crippen molar-refractivity contribution in [2.75, 3.05) is 6.61 Å². The van der Waals surface area contributed by atoms with Crippen LogP contribution in [0.2, 0.25) is 0 Å². The van der Waals surface area contributed by atoms with Crippen LogP contribution in [0.1, 0.15) is 6.42 Å². The minimum Gasteiger partial charge on any atom is -0.394 e. The molecule has 0 aliphatic carbocycles. The van der Waals surface area contributed by atoms with Crippen LogP contribution in [0.25, 0.3) is 0 Å². The van der Waals surface area contributed by atoms with Gasteiger partial charge in [-0.1, -0.05) is 0 Å². The molecule has 0 amide bonds. The second kappa shape index (κ2) is 3.46. The zero-order chi connectivity index (χ0) is 8.43. The van der Waals surface area contributed by atoms with Crippen LogP contribution in [0.5, 0.6) is 0 Å². The summed E-state index contributed by atoms with van der Waals surface area (Å²) in [6.07, 6.45) is -4.11. The van der Waals surface area contributed by atoms with Crippen LogP contribution in [0, 0.1) is 0 Å². The summed E-state index contributed by atoms with van der Waals surface area (Å²) in [6.45, 7) is -0.263. The molecule has 1 aliphatic rings. The van der Waals surface area contributed by atoms with Gasteiger partial charge in [0.25, 0.3) is 0 Å². The van der Waals surface area contributed by atoms with Gasteiger partial charge in [-0.25, -0.2) is 0 Å². The SMILES string of the molecule is OC[C@H]1C[C@@H](O)[C@H](O)[C@H](O)O1. The normalized spacial score (nSPS) is 45.8. The van der Waals surface area contributed by atoms with Crippen molar-refractivity contribution in [3.05, 3.63) is 0 Å². The molecule has 0 bridgehead atoms. The lowest BCUT2D eigenvalue weighted by Crippen LogP contribution is -2.49. The van der Waals surface area contributed by atoms with Gasteiger partial charge in [-0.2, -0.15) is 0 Å². The summed E-state index contributed by atoms with van der Waals surface area (Å²) in [5.74, 6) is 0. The number of hydrogen-bond donors (Lipinski definition) is 4. The van der Waals surface area contributed by atoms with E-state index in [4.69, 9.17) is 25.2 Å². The van der Waals surface area contributed by atoms with E-state index in [2.05, 4.69) is 0 Å². The van der Waals surface area contributed by atoms with Crippen molar-refractivity contribution in [2.45, 2.75) is 31.0 Å². The fourth-order valence-corrected chi connectivity index (χ4v) is 1.05. The van der Waals surface area contributed by atoms with Crippen LogP contribution < -0.4 is 0 Å². The van der Waals surface area contributed by atoms with Crippen molar-refractivity contribution in [3.63, 3.8) is 0 Å². The molecule has 1 rings (SSSR count). The highest BCUT2D eigenvalue weighted by atomic mass is 16.6. The lowest BCUT2D eigenvalue weighted by molar-refractivity contribution is -0.251. The first-order valence-electron chi connectivity index (χ1n) is 3.45. The van der Waals surface area contributed by atoms with Gasteiger partial charge in [0, 0.05) is 6.42 Å². The van der Waals surface area contributed by atoms with E-state index >= 15 is 0 Å². The lowest BCUT2D eigenvalue weighted by atomic mass is 10.0. The van der Waals surface area contributed by atoms with Crippen molar-refractivity contribution >= 4 is 0 Å². The Morgan fingerprint density at radius 1 is 1.27 bits per heavy atom. The van der Waals surface area contributed by atoms with E-state index in [0.717, 1.165) is 0 Å². The van der Waals surface area contributed by atoms with Gasteiger partial charge < -0.3 is 25.2 Å². The van der Waals surface area contributed by atoms with Gasteiger partial charge in [0.2, 0.25) is 0 Å². The highest BCUT2D eigenvalue weighted by Crippen LogP contribution is 2.17. The van der Waals surface area contributed by atoms with Crippen molar-refractivity contribution in [1.82, 2.24) is 0 Å². The van der Waals surface area contributed by atoms with E-state index in [0.29, 0.717) is 0 Å². The molecule has 11 heavy (non-hydrogen) atoms. The van der Waals surface area contributed by atoms with E-state index in [1.807, 2.05) is 0 Å². The third-order valence-corrected chi connectivity index (χ3v) is 1.73. The number of aliphatic hydroxyl groups excluding tert-OH is 4. The summed E-state index contributed by atoms with van der Waals surface area (Å²) in [5.41, 5.74) is 0.